The van der Waals surface area contributed by atoms with Gasteiger partial charge in [-0.3, -0.25) is 4.57 Å². The summed E-state index contributed by atoms with van der Waals surface area (Å²) in [7, 11) is 0. The van der Waals surface area contributed by atoms with Crippen molar-refractivity contribution in [2.45, 2.75) is 59.2 Å². The fourth-order valence-electron chi connectivity index (χ4n) is 7.47. The van der Waals surface area contributed by atoms with Gasteiger partial charge in [-0.15, -0.1) is 29.7 Å². The Morgan fingerprint density at radius 2 is 1.40 bits per heavy atom. The molecule has 0 fully saturated rings. The van der Waals surface area contributed by atoms with Crippen molar-refractivity contribution in [3.8, 4) is 39.8 Å². The minimum absolute atomic E-state index is 0. The van der Waals surface area contributed by atoms with Gasteiger partial charge in [0.05, 0.1) is 23.6 Å². The van der Waals surface area contributed by atoms with Crippen molar-refractivity contribution in [1.29, 1.82) is 0 Å². The molecule has 286 valence electrons. The van der Waals surface area contributed by atoms with E-state index < -0.39 is 37.1 Å². The summed E-state index contributed by atoms with van der Waals surface area (Å²) < 4.78 is 79.6. The van der Waals surface area contributed by atoms with E-state index in [-0.39, 0.29) is 54.4 Å². The van der Waals surface area contributed by atoms with E-state index in [2.05, 4.69) is 99.9 Å². The summed E-state index contributed by atoms with van der Waals surface area (Å²) in [5.41, 5.74) is 6.66. The molecule has 0 aliphatic heterocycles. The first kappa shape index (κ1) is 29.5. The maximum absolute atomic E-state index is 8.57. The van der Waals surface area contributed by atoms with Gasteiger partial charge in [0.25, 0.3) is 6.33 Å². The Balaban J connectivity index is 0.00000576. The van der Waals surface area contributed by atoms with Crippen LogP contribution < -0.4 is 9.30 Å². The maximum Gasteiger partial charge on any atom is 0.268 e. The zero-order chi connectivity index (χ0) is 45.6. The molecule has 6 aromatic carbocycles. The molecule has 0 atom stereocenters. The van der Waals surface area contributed by atoms with Crippen LogP contribution in [0.25, 0.3) is 61.2 Å². The summed E-state index contributed by atoms with van der Waals surface area (Å²) in [6.45, 7) is 10.7. The number of aryl methyl sites for hydroxylation is 1. The molecule has 0 radical (unpaired) electrons. The SMILES string of the molecule is [2H]c1c([2H])c([2H])c(-c2cnc(-n3c4[c-]c(Oc5[c-]c(-n6[c-][n+](-c7c(C(C)(C)C)cccc7C(C)(C)C)c7ccccc76)ccc5)ccc4c4ccccc43)cc2C([2H])([2H])[2H])c([2H])c1[2H].[Pt]. The Labute approximate surface area is 360 Å². The first-order valence-corrected chi connectivity index (χ1v) is 18.6. The third-order valence-electron chi connectivity index (χ3n) is 10.1. The molecule has 0 spiro atoms. The largest absolute Gasteiger partial charge is 0.510 e. The van der Waals surface area contributed by atoms with Crippen molar-refractivity contribution in [2.24, 2.45) is 0 Å². The Morgan fingerprint density at radius 1 is 0.719 bits per heavy atom. The van der Waals surface area contributed by atoms with Gasteiger partial charge in [0.15, 0.2) is 0 Å². The number of benzene rings is 6. The fraction of sp³-hybridized carbons (Fsp3) is 0.176. The van der Waals surface area contributed by atoms with Gasteiger partial charge in [0, 0.05) is 54.0 Å². The minimum Gasteiger partial charge on any atom is -0.510 e. The summed E-state index contributed by atoms with van der Waals surface area (Å²) in [6.07, 6.45) is 4.95. The van der Waals surface area contributed by atoms with Crippen LogP contribution >= 0.6 is 0 Å². The van der Waals surface area contributed by atoms with E-state index in [0.29, 0.717) is 22.7 Å². The normalized spacial score (nSPS) is 14.2. The topological polar surface area (TPSA) is 35.9 Å². The van der Waals surface area contributed by atoms with Gasteiger partial charge in [-0.25, -0.2) is 4.98 Å². The zero-order valence-electron chi connectivity index (χ0n) is 40.4. The van der Waals surface area contributed by atoms with Gasteiger partial charge in [0.1, 0.15) is 5.82 Å². The predicted octanol–water partition coefficient (Wildman–Crippen LogP) is 12.2. The van der Waals surface area contributed by atoms with Crippen molar-refractivity contribution in [3.63, 3.8) is 0 Å². The molecule has 57 heavy (non-hydrogen) atoms. The van der Waals surface area contributed by atoms with Crippen LogP contribution in [0.15, 0.2) is 140 Å². The third kappa shape index (κ3) is 6.89. The molecule has 9 aromatic rings. The molecule has 0 N–H and O–H groups in total. The second-order valence-corrected chi connectivity index (χ2v) is 16.0. The van der Waals surface area contributed by atoms with Crippen molar-refractivity contribution in [1.82, 2.24) is 14.1 Å². The third-order valence-corrected chi connectivity index (χ3v) is 10.1. The first-order valence-electron chi connectivity index (χ1n) is 22.6. The van der Waals surface area contributed by atoms with Gasteiger partial charge >= 0.3 is 0 Å². The molecule has 0 amide bonds. The van der Waals surface area contributed by atoms with Crippen LogP contribution in [0.2, 0.25) is 0 Å². The number of hydrogen-bond acceptors (Lipinski definition) is 2. The molecule has 0 aliphatic carbocycles. The molecule has 5 nitrogen and oxygen atoms in total. The number of pyridine rings is 1. The van der Waals surface area contributed by atoms with E-state index in [4.69, 9.17) is 15.7 Å². The van der Waals surface area contributed by atoms with Crippen molar-refractivity contribution in [2.75, 3.05) is 0 Å². The predicted molar refractivity (Wildman–Crippen MR) is 228 cm³/mol. The summed E-state index contributed by atoms with van der Waals surface area (Å²) in [6, 6.07) is 37.4. The molecule has 3 heterocycles. The van der Waals surface area contributed by atoms with Crippen LogP contribution in [-0.4, -0.2) is 14.1 Å². The molecule has 0 aliphatic rings. The number of para-hydroxylation sites is 4. The van der Waals surface area contributed by atoms with Gasteiger partial charge in [-0.1, -0.05) is 138 Å². The van der Waals surface area contributed by atoms with E-state index in [1.165, 1.54) is 23.4 Å². The van der Waals surface area contributed by atoms with Crippen LogP contribution in [-0.2, 0) is 31.9 Å². The smallest absolute Gasteiger partial charge is 0.268 e. The van der Waals surface area contributed by atoms with Crippen LogP contribution in [0.3, 0.4) is 0 Å². The maximum atomic E-state index is 8.57. The Kier molecular flexibility index (Phi) is 7.56. The Morgan fingerprint density at radius 3 is 2.14 bits per heavy atom. The van der Waals surface area contributed by atoms with Crippen LogP contribution in [0, 0.1) is 25.3 Å². The molecule has 0 bridgehead atoms. The molecule has 3 aromatic heterocycles. The zero-order valence-corrected chi connectivity index (χ0v) is 34.7. The number of nitrogens with zero attached hydrogens (tertiary/aromatic N) is 4. The number of imidazole rings is 1. The van der Waals surface area contributed by atoms with Gasteiger partial charge in [-0.2, -0.15) is 18.2 Å². The van der Waals surface area contributed by atoms with Crippen molar-refractivity contribution in [3.05, 3.63) is 175 Å². The van der Waals surface area contributed by atoms with E-state index in [0.717, 1.165) is 33.0 Å². The summed E-state index contributed by atoms with van der Waals surface area (Å²) >= 11 is 0. The molecule has 6 heteroatoms. The van der Waals surface area contributed by atoms with E-state index in [9.17, 15) is 0 Å². The van der Waals surface area contributed by atoms with Crippen LogP contribution in [0.1, 0.15) is 69.2 Å². The van der Waals surface area contributed by atoms with Gasteiger partial charge in [0.2, 0.25) is 0 Å². The van der Waals surface area contributed by atoms with Gasteiger partial charge in [-0.05, 0) is 63.1 Å². The van der Waals surface area contributed by atoms with Crippen molar-refractivity contribution < 1.29 is 41.3 Å². The quantitative estimate of drug-likeness (QED) is 0.123. The molecular formula is C51H44N4OPt-2. The first-order chi connectivity index (χ1) is 30.2. The molecule has 0 saturated carbocycles. The average molecular weight is 932 g/mol. The van der Waals surface area contributed by atoms with Crippen LogP contribution in [0.4, 0.5) is 0 Å². The second kappa shape index (κ2) is 14.6. The molecule has 0 saturated heterocycles. The minimum atomic E-state index is -2.74. The molecule has 9 rings (SSSR count). The Bertz CT molecular complexity index is 3280. The average Bonchev–Trinajstić information content (AvgIpc) is 3.80. The van der Waals surface area contributed by atoms with E-state index in [1.54, 1.807) is 4.57 Å². The fourth-order valence-corrected chi connectivity index (χ4v) is 7.47. The second-order valence-electron chi connectivity index (χ2n) is 16.0. The number of rotatable bonds is 6. The van der Waals surface area contributed by atoms with Crippen molar-refractivity contribution >= 4 is 32.8 Å². The molecule has 0 unspecified atom stereocenters. The van der Waals surface area contributed by atoms with Gasteiger partial charge < -0.3 is 13.9 Å². The molecular weight excluding hydrogens is 880 g/mol. The number of fused-ring (bicyclic) bond motifs is 4. The van der Waals surface area contributed by atoms with E-state index >= 15 is 0 Å². The number of aromatic nitrogens is 4. The Hall–Kier alpha value is -5.77. The van der Waals surface area contributed by atoms with Crippen LogP contribution in [0.5, 0.6) is 11.5 Å². The standard InChI is InChI=1S/C51H44N4O.Pt/c1-34-29-48(52-32-41(34)35-17-9-8-10-18-35)55-44-24-12-11-21-39(44)40-28-27-38(31-47(40)55)56-37-20-15-19-36(30-37)53-33-54(46-26-14-13-25-45(46)53)49-42(50(2,3)4)22-16-23-43(49)51(5,6)7;/h8-29,32H,1-7H3;/q-2;/i1D3,8D,9D,10D,17D,18D;. The summed E-state index contributed by atoms with van der Waals surface area (Å²) in [4.78, 5) is 4.68. The summed E-state index contributed by atoms with van der Waals surface area (Å²) in [5.74, 6) is 1.05. The number of ether oxygens (including phenoxy) is 1. The number of hydrogen-bond donors (Lipinski definition) is 0. The van der Waals surface area contributed by atoms with E-state index in [1.807, 2.05) is 71.3 Å². The summed E-state index contributed by atoms with van der Waals surface area (Å²) in [5, 5.41) is 1.68. The monoisotopic (exact) mass is 931 g/mol.